The molecule has 0 aromatic heterocycles. The summed E-state index contributed by atoms with van der Waals surface area (Å²) in [5.41, 5.74) is -0.149. The standard InChI is InChI=1S/C18H30N2O2/c1-3-15(4-2)20-16(21)11-19-17(22)18-8-12-5-13(9-18)7-14(6-12)10-18/h12-15H,3-11H2,1-2H3,(H,19,22)(H,20,21). The third-order valence-corrected chi connectivity index (χ3v) is 6.28. The zero-order valence-electron chi connectivity index (χ0n) is 14.0. The first-order chi connectivity index (χ1) is 10.5. The van der Waals surface area contributed by atoms with Crippen LogP contribution in [0.25, 0.3) is 0 Å². The number of carbonyl (C=O) groups is 2. The second kappa shape index (κ2) is 6.21. The fourth-order valence-corrected chi connectivity index (χ4v) is 5.51. The topological polar surface area (TPSA) is 58.2 Å². The molecule has 0 aromatic carbocycles. The van der Waals surface area contributed by atoms with Crippen molar-refractivity contribution in [2.24, 2.45) is 23.2 Å². The van der Waals surface area contributed by atoms with Crippen LogP contribution in [0.5, 0.6) is 0 Å². The minimum absolute atomic E-state index is 0.0493. The van der Waals surface area contributed by atoms with Crippen LogP contribution in [-0.2, 0) is 9.59 Å². The van der Waals surface area contributed by atoms with Crippen LogP contribution in [0.2, 0.25) is 0 Å². The Labute approximate surface area is 133 Å². The van der Waals surface area contributed by atoms with Crippen molar-refractivity contribution in [2.75, 3.05) is 6.54 Å². The van der Waals surface area contributed by atoms with Gasteiger partial charge in [0, 0.05) is 11.5 Å². The van der Waals surface area contributed by atoms with Crippen molar-refractivity contribution in [3.05, 3.63) is 0 Å². The number of hydrogen-bond acceptors (Lipinski definition) is 2. The Morgan fingerprint density at radius 3 is 1.95 bits per heavy atom. The SMILES string of the molecule is CCC(CC)NC(=O)CNC(=O)C12CC3CC(CC(C3)C1)C2. The maximum Gasteiger partial charge on any atom is 0.239 e. The molecule has 0 saturated heterocycles. The van der Waals surface area contributed by atoms with Gasteiger partial charge >= 0.3 is 0 Å². The van der Waals surface area contributed by atoms with Crippen LogP contribution >= 0.6 is 0 Å². The highest BCUT2D eigenvalue weighted by Gasteiger charge is 2.54. The highest BCUT2D eigenvalue weighted by atomic mass is 16.2. The number of hydrogen-bond donors (Lipinski definition) is 2. The number of amides is 2. The molecule has 4 saturated carbocycles. The molecule has 0 radical (unpaired) electrons. The predicted octanol–water partition coefficient (Wildman–Crippen LogP) is 2.62. The van der Waals surface area contributed by atoms with Crippen LogP contribution in [0.1, 0.15) is 65.2 Å². The maximum atomic E-state index is 12.7. The summed E-state index contributed by atoms with van der Waals surface area (Å²) >= 11 is 0. The van der Waals surface area contributed by atoms with Gasteiger partial charge in [-0.2, -0.15) is 0 Å². The van der Waals surface area contributed by atoms with Gasteiger partial charge in [0.25, 0.3) is 0 Å². The minimum atomic E-state index is -0.149. The molecule has 4 rings (SSSR count). The van der Waals surface area contributed by atoms with Gasteiger partial charge in [-0.25, -0.2) is 0 Å². The quantitative estimate of drug-likeness (QED) is 0.792. The van der Waals surface area contributed by atoms with E-state index in [2.05, 4.69) is 24.5 Å². The molecule has 4 nitrogen and oxygen atoms in total. The first kappa shape index (κ1) is 15.8. The van der Waals surface area contributed by atoms with Gasteiger partial charge in [0.2, 0.25) is 11.8 Å². The van der Waals surface area contributed by atoms with Gasteiger partial charge in [-0.05, 0) is 69.1 Å². The van der Waals surface area contributed by atoms with Crippen LogP contribution in [0, 0.1) is 23.2 Å². The average Bonchev–Trinajstić information content (AvgIpc) is 2.48. The van der Waals surface area contributed by atoms with Crippen LogP contribution < -0.4 is 10.6 Å². The smallest absolute Gasteiger partial charge is 0.239 e. The average molecular weight is 306 g/mol. The molecule has 4 aliphatic rings. The molecule has 0 atom stereocenters. The molecule has 0 unspecified atom stereocenters. The van der Waals surface area contributed by atoms with E-state index in [9.17, 15) is 9.59 Å². The van der Waals surface area contributed by atoms with E-state index >= 15 is 0 Å². The van der Waals surface area contributed by atoms with Crippen LogP contribution in [-0.4, -0.2) is 24.4 Å². The van der Waals surface area contributed by atoms with Gasteiger partial charge < -0.3 is 10.6 Å². The molecule has 0 aliphatic heterocycles. The summed E-state index contributed by atoms with van der Waals surface area (Å²) in [5, 5.41) is 5.93. The van der Waals surface area contributed by atoms with Crippen molar-refractivity contribution in [1.29, 1.82) is 0 Å². The summed E-state index contributed by atoms with van der Waals surface area (Å²) in [7, 11) is 0. The third-order valence-electron chi connectivity index (χ3n) is 6.28. The van der Waals surface area contributed by atoms with Gasteiger partial charge in [-0.1, -0.05) is 13.8 Å². The molecule has 0 heterocycles. The highest BCUT2D eigenvalue weighted by Crippen LogP contribution is 2.60. The summed E-state index contributed by atoms with van der Waals surface area (Å²) in [6.07, 6.45) is 9.04. The van der Waals surface area contributed by atoms with E-state index in [1.54, 1.807) is 0 Å². The fourth-order valence-electron chi connectivity index (χ4n) is 5.51. The monoisotopic (exact) mass is 306 g/mol. The Balaban J connectivity index is 1.53. The number of rotatable bonds is 6. The van der Waals surface area contributed by atoms with Crippen molar-refractivity contribution >= 4 is 11.8 Å². The Hall–Kier alpha value is -1.06. The molecule has 124 valence electrons. The number of carbonyl (C=O) groups excluding carboxylic acids is 2. The maximum absolute atomic E-state index is 12.7. The molecular weight excluding hydrogens is 276 g/mol. The van der Waals surface area contributed by atoms with E-state index in [0.717, 1.165) is 49.9 Å². The lowest BCUT2D eigenvalue weighted by atomic mass is 9.49. The summed E-state index contributed by atoms with van der Waals surface area (Å²) in [6.45, 7) is 4.28. The Kier molecular flexibility index (Phi) is 4.47. The van der Waals surface area contributed by atoms with Gasteiger partial charge in [0.1, 0.15) is 0 Å². The van der Waals surface area contributed by atoms with E-state index in [1.165, 1.54) is 19.3 Å². The Morgan fingerprint density at radius 2 is 1.50 bits per heavy atom. The minimum Gasteiger partial charge on any atom is -0.352 e. The van der Waals surface area contributed by atoms with Crippen LogP contribution in [0.4, 0.5) is 0 Å². The molecule has 4 aliphatic carbocycles. The number of nitrogens with one attached hydrogen (secondary N) is 2. The highest BCUT2D eigenvalue weighted by molar-refractivity contribution is 5.88. The van der Waals surface area contributed by atoms with E-state index in [-0.39, 0.29) is 29.8 Å². The van der Waals surface area contributed by atoms with Gasteiger partial charge in [-0.3, -0.25) is 9.59 Å². The fraction of sp³-hybridized carbons (Fsp3) is 0.889. The van der Waals surface area contributed by atoms with Crippen molar-refractivity contribution in [3.63, 3.8) is 0 Å². The molecule has 4 bridgehead atoms. The molecule has 2 N–H and O–H groups in total. The lowest BCUT2D eigenvalue weighted by Gasteiger charge is -2.55. The third kappa shape index (κ3) is 3.02. The first-order valence-electron chi connectivity index (χ1n) is 9.12. The predicted molar refractivity (Wildman–Crippen MR) is 86.1 cm³/mol. The van der Waals surface area contributed by atoms with Crippen LogP contribution in [0.15, 0.2) is 0 Å². The Bertz CT molecular complexity index is 407. The van der Waals surface area contributed by atoms with Crippen molar-refractivity contribution < 1.29 is 9.59 Å². The van der Waals surface area contributed by atoms with E-state index in [4.69, 9.17) is 0 Å². The molecule has 0 aromatic rings. The zero-order chi connectivity index (χ0) is 15.7. The van der Waals surface area contributed by atoms with Gasteiger partial charge in [-0.15, -0.1) is 0 Å². The van der Waals surface area contributed by atoms with E-state index in [0.29, 0.717) is 0 Å². The summed E-state index contributed by atoms with van der Waals surface area (Å²) in [6, 6.07) is 0.226. The molecule has 0 spiro atoms. The normalized spacial score (nSPS) is 35.7. The largest absolute Gasteiger partial charge is 0.352 e. The molecule has 4 heteroatoms. The van der Waals surface area contributed by atoms with E-state index in [1.807, 2.05) is 0 Å². The molecule has 4 fully saturated rings. The van der Waals surface area contributed by atoms with Crippen LogP contribution in [0.3, 0.4) is 0 Å². The second-order valence-corrected chi connectivity index (χ2v) is 7.96. The lowest BCUT2D eigenvalue weighted by molar-refractivity contribution is -0.147. The van der Waals surface area contributed by atoms with Crippen molar-refractivity contribution in [2.45, 2.75) is 71.3 Å². The second-order valence-electron chi connectivity index (χ2n) is 7.96. The molecular formula is C18H30N2O2. The lowest BCUT2D eigenvalue weighted by Crippen LogP contribution is -2.54. The van der Waals surface area contributed by atoms with Gasteiger partial charge in [0.05, 0.1) is 6.54 Å². The summed E-state index contributed by atoms with van der Waals surface area (Å²) in [5.74, 6) is 2.37. The Morgan fingerprint density at radius 1 is 1.00 bits per heavy atom. The first-order valence-corrected chi connectivity index (χ1v) is 9.12. The van der Waals surface area contributed by atoms with Crippen molar-refractivity contribution in [1.82, 2.24) is 10.6 Å². The summed E-state index contributed by atoms with van der Waals surface area (Å²) in [4.78, 5) is 24.7. The van der Waals surface area contributed by atoms with Gasteiger partial charge in [0.15, 0.2) is 0 Å². The molecule has 2 amide bonds. The van der Waals surface area contributed by atoms with Crippen molar-refractivity contribution in [3.8, 4) is 0 Å². The zero-order valence-corrected chi connectivity index (χ0v) is 14.0. The summed E-state index contributed by atoms with van der Waals surface area (Å²) < 4.78 is 0. The van der Waals surface area contributed by atoms with E-state index < -0.39 is 0 Å². The molecule has 22 heavy (non-hydrogen) atoms.